The van der Waals surface area contributed by atoms with E-state index in [2.05, 4.69) is 38.9 Å². The molecular weight excluding hydrogens is 326 g/mol. The first-order valence-corrected chi connectivity index (χ1v) is 9.63. The zero-order valence-corrected chi connectivity index (χ0v) is 17.4. The summed E-state index contributed by atoms with van der Waals surface area (Å²) in [4.78, 5) is 5.17. The molecule has 1 aromatic carbocycles. The van der Waals surface area contributed by atoms with Gasteiger partial charge in [-0.15, -0.1) is 0 Å². The fraction of sp³-hybridized carbons (Fsp3) is 0.682. The number of benzene rings is 1. The first kappa shape index (κ1) is 20.8. The molecule has 146 valence electrons. The van der Waals surface area contributed by atoms with Gasteiger partial charge in [-0.05, 0) is 72.8 Å². The van der Waals surface area contributed by atoms with Gasteiger partial charge < -0.3 is 14.7 Å². The van der Waals surface area contributed by atoms with Crippen molar-refractivity contribution in [3.63, 3.8) is 0 Å². The van der Waals surface area contributed by atoms with Gasteiger partial charge in [-0.3, -0.25) is 0 Å². The fourth-order valence-corrected chi connectivity index (χ4v) is 4.46. The summed E-state index contributed by atoms with van der Waals surface area (Å²) in [7, 11) is 3.28. The van der Waals surface area contributed by atoms with Crippen LogP contribution in [0.2, 0.25) is 0 Å². The normalized spacial score (nSPS) is 26.0. The number of hydrogen-bond acceptors (Lipinski definition) is 4. The Kier molecular flexibility index (Phi) is 6.38. The van der Waals surface area contributed by atoms with Crippen LogP contribution in [0.1, 0.15) is 77.3 Å². The average Bonchev–Trinajstić information content (AvgIpc) is 2.56. The Morgan fingerprint density at radius 1 is 1.23 bits per heavy atom. The van der Waals surface area contributed by atoms with Crippen LogP contribution in [0.3, 0.4) is 0 Å². The van der Waals surface area contributed by atoms with E-state index >= 15 is 0 Å². The summed E-state index contributed by atoms with van der Waals surface area (Å²) < 4.78 is 5.51. The van der Waals surface area contributed by atoms with Crippen LogP contribution < -0.4 is 4.74 Å². The van der Waals surface area contributed by atoms with Gasteiger partial charge in [0.1, 0.15) is 12.9 Å². The maximum Gasteiger partial charge on any atom is 0.122 e. The maximum atomic E-state index is 11.0. The summed E-state index contributed by atoms with van der Waals surface area (Å²) in [5.41, 5.74) is 2.45. The topological polar surface area (TPSA) is 51.0 Å². The Labute approximate surface area is 158 Å². The first-order chi connectivity index (χ1) is 12.1. The van der Waals surface area contributed by atoms with Crippen LogP contribution >= 0.6 is 0 Å². The van der Waals surface area contributed by atoms with E-state index in [1.165, 1.54) is 0 Å². The molecular formula is C22H35NO3. The van der Waals surface area contributed by atoms with Crippen LogP contribution in [0.5, 0.6) is 5.75 Å². The molecule has 0 heterocycles. The highest BCUT2D eigenvalue weighted by Crippen LogP contribution is 2.48. The number of nitrogens with zero attached hydrogens (tertiary/aromatic N) is 1. The number of rotatable bonds is 6. The van der Waals surface area contributed by atoms with Crippen molar-refractivity contribution >= 4 is 5.71 Å². The highest BCUT2D eigenvalue weighted by atomic mass is 16.6. The van der Waals surface area contributed by atoms with Gasteiger partial charge in [0.05, 0.1) is 18.4 Å². The van der Waals surface area contributed by atoms with E-state index in [9.17, 15) is 5.11 Å². The molecule has 0 aliphatic heterocycles. The summed E-state index contributed by atoms with van der Waals surface area (Å²) in [6.45, 7) is 10.8. The molecule has 1 fully saturated rings. The zero-order chi connectivity index (χ0) is 19.5. The number of hydrogen-bond donors (Lipinski definition) is 1. The lowest BCUT2D eigenvalue weighted by Crippen LogP contribution is -2.48. The third-order valence-electron chi connectivity index (χ3n) is 5.98. The smallest absolute Gasteiger partial charge is 0.122 e. The third kappa shape index (κ3) is 4.40. The van der Waals surface area contributed by atoms with Gasteiger partial charge in [0, 0.05) is 0 Å². The van der Waals surface area contributed by atoms with Gasteiger partial charge in [0.2, 0.25) is 0 Å². The van der Waals surface area contributed by atoms with E-state index in [0.717, 1.165) is 41.9 Å². The van der Waals surface area contributed by atoms with Crippen molar-refractivity contribution in [1.82, 2.24) is 0 Å². The second-order valence-electron chi connectivity index (χ2n) is 8.79. The monoisotopic (exact) mass is 361 g/mol. The molecule has 0 radical (unpaired) electrons. The van der Waals surface area contributed by atoms with Crippen LogP contribution in [-0.2, 0) is 4.84 Å². The molecule has 1 N–H and O–H groups in total. The Morgan fingerprint density at radius 2 is 1.92 bits per heavy atom. The van der Waals surface area contributed by atoms with Crippen LogP contribution in [0.25, 0.3) is 0 Å². The minimum absolute atomic E-state index is 0.0591. The van der Waals surface area contributed by atoms with Crippen LogP contribution in [0, 0.1) is 11.3 Å². The summed E-state index contributed by atoms with van der Waals surface area (Å²) in [6, 6.07) is 6.18. The Balaban J connectivity index is 2.41. The molecule has 0 saturated heterocycles. The van der Waals surface area contributed by atoms with Crippen LogP contribution in [-0.4, -0.2) is 30.6 Å². The Hall–Kier alpha value is -1.55. The molecule has 2 rings (SSSR count). The second kappa shape index (κ2) is 7.99. The van der Waals surface area contributed by atoms with Crippen molar-refractivity contribution in [3.8, 4) is 5.75 Å². The van der Waals surface area contributed by atoms with Crippen molar-refractivity contribution in [2.24, 2.45) is 16.5 Å². The van der Waals surface area contributed by atoms with Gasteiger partial charge in [0.25, 0.3) is 0 Å². The summed E-state index contributed by atoms with van der Waals surface area (Å²) in [5, 5.41) is 15.4. The largest absolute Gasteiger partial charge is 0.496 e. The predicted molar refractivity (Wildman–Crippen MR) is 107 cm³/mol. The fourth-order valence-electron chi connectivity index (χ4n) is 4.46. The van der Waals surface area contributed by atoms with Gasteiger partial charge in [-0.2, -0.15) is 0 Å². The van der Waals surface area contributed by atoms with Gasteiger partial charge >= 0.3 is 0 Å². The lowest BCUT2D eigenvalue weighted by molar-refractivity contribution is -0.0854. The van der Waals surface area contributed by atoms with E-state index < -0.39 is 5.60 Å². The molecule has 2 unspecified atom stereocenters. The highest BCUT2D eigenvalue weighted by Gasteiger charge is 2.46. The Morgan fingerprint density at radius 3 is 2.46 bits per heavy atom. The predicted octanol–water partition coefficient (Wildman–Crippen LogP) is 5.14. The second-order valence-corrected chi connectivity index (χ2v) is 8.79. The van der Waals surface area contributed by atoms with E-state index in [-0.39, 0.29) is 11.3 Å². The standard InChI is InChI=1S/C22H35NO3/c1-15(2)17-13-16(9-10-19(17)25-6)18(23-26-7)14-20-21(3,4)11-8-12-22(20,5)24/h9-10,13,15,20,24H,8,11-12,14H2,1-7H3/b23-18-. The highest BCUT2D eigenvalue weighted by molar-refractivity contribution is 6.00. The van der Waals surface area contributed by atoms with E-state index in [4.69, 9.17) is 9.57 Å². The number of methoxy groups -OCH3 is 1. The molecule has 4 nitrogen and oxygen atoms in total. The lowest BCUT2D eigenvalue weighted by Gasteiger charge is -2.48. The third-order valence-corrected chi connectivity index (χ3v) is 5.98. The van der Waals surface area contributed by atoms with Crippen molar-refractivity contribution < 1.29 is 14.7 Å². The van der Waals surface area contributed by atoms with Crippen molar-refractivity contribution in [2.45, 2.75) is 71.8 Å². The maximum absolute atomic E-state index is 11.0. The number of aliphatic hydroxyl groups is 1. The molecule has 1 saturated carbocycles. The summed E-state index contributed by atoms with van der Waals surface area (Å²) >= 11 is 0. The summed E-state index contributed by atoms with van der Waals surface area (Å²) in [6.07, 6.45) is 3.71. The molecule has 1 aromatic rings. The average molecular weight is 362 g/mol. The quantitative estimate of drug-likeness (QED) is 0.564. The first-order valence-electron chi connectivity index (χ1n) is 9.63. The van der Waals surface area contributed by atoms with Crippen LogP contribution in [0.15, 0.2) is 23.4 Å². The van der Waals surface area contributed by atoms with E-state index in [1.54, 1.807) is 14.2 Å². The zero-order valence-electron chi connectivity index (χ0n) is 17.4. The van der Waals surface area contributed by atoms with Crippen molar-refractivity contribution in [3.05, 3.63) is 29.3 Å². The van der Waals surface area contributed by atoms with Gasteiger partial charge in [-0.1, -0.05) is 39.3 Å². The van der Waals surface area contributed by atoms with Gasteiger partial charge in [-0.25, -0.2) is 0 Å². The molecule has 1 aliphatic carbocycles. The molecule has 2 atom stereocenters. The molecule has 0 aromatic heterocycles. The molecule has 26 heavy (non-hydrogen) atoms. The Bertz CT molecular complexity index is 631. The van der Waals surface area contributed by atoms with Gasteiger partial charge in [0.15, 0.2) is 0 Å². The number of ether oxygens (including phenoxy) is 1. The van der Waals surface area contributed by atoms with Crippen LogP contribution in [0.4, 0.5) is 0 Å². The SMILES string of the molecule is CO/N=C(/CC1C(C)(C)CCCC1(C)O)c1ccc(OC)c(C(C)C)c1. The minimum atomic E-state index is -0.691. The van der Waals surface area contributed by atoms with E-state index in [0.29, 0.717) is 12.3 Å². The molecule has 4 heteroatoms. The van der Waals surface area contributed by atoms with Crippen molar-refractivity contribution in [2.75, 3.05) is 14.2 Å². The minimum Gasteiger partial charge on any atom is -0.496 e. The number of oxime groups is 1. The molecule has 1 aliphatic rings. The lowest BCUT2D eigenvalue weighted by atomic mass is 9.60. The van der Waals surface area contributed by atoms with Crippen molar-refractivity contribution in [1.29, 1.82) is 0 Å². The molecule has 0 amide bonds. The summed E-state index contributed by atoms with van der Waals surface area (Å²) in [5.74, 6) is 1.37. The molecule has 0 spiro atoms. The van der Waals surface area contributed by atoms with E-state index in [1.807, 2.05) is 19.1 Å². The molecule has 0 bridgehead atoms.